The van der Waals surface area contributed by atoms with Crippen molar-refractivity contribution in [1.29, 1.82) is 0 Å². The highest BCUT2D eigenvalue weighted by Crippen LogP contribution is 2.26. The highest BCUT2D eigenvalue weighted by molar-refractivity contribution is 6.17. The molecule has 0 spiro atoms. The van der Waals surface area contributed by atoms with Gasteiger partial charge >= 0.3 is 11.9 Å². The van der Waals surface area contributed by atoms with E-state index < -0.39 is 72.3 Å². The molecule has 0 aromatic carbocycles. The molecule has 1 aliphatic heterocycles. The summed E-state index contributed by atoms with van der Waals surface area (Å²) in [6.45, 7) is 1.42. The van der Waals surface area contributed by atoms with E-state index in [2.05, 4.69) is 10.3 Å². The molecule has 1 heterocycles. The van der Waals surface area contributed by atoms with Crippen molar-refractivity contribution in [3.05, 3.63) is 0 Å². The number of hydrogen-bond donors (Lipinski definition) is 6. The summed E-state index contributed by atoms with van der Waals surface area (Å²) in [4.78, 5) is 76.8. The Kier molecular flexibility index (Phi) is 9.71. The largest absolute Gasteiger partial charge is 0.481 e. The van der Waals surface area contributed by atoms with Crippen LogP contribution in [-0.4, -0.2) is 81.2 Å². The van der Waals surface area contributed by atoms with E-state index in [1.807, 2.05) is 0 Å². The standard InChI is InChI=1S/C18H28N6O8/c1-8(19)15(29)23-10(4-5-13(26)27)14(28)9-7-12(25)24(16(9)30)11(17(31)32)3-2-6-22-18(20)21/h8-11H,2-7,19H2,1H3,(H,23,29)(H,26,27)(H,31,32)(H4,20,21,22)/t8-,9+,10-,11-/m0/s1. The molecule has 0 aliphatic carbocycles. The lowest BCUT2D eigenvalue weighted by Crippen LogP contribution is -2.51. The molecule has 3 amide bonds. The zero-order valence-electron chi connectivity index (χ0n) is 17.5. The van der Waals surface area contributed by atoms with Crippen molar-refractivity contribution in [2.24, 2.45) is 28.1 Å². The lowest BCUT2D eigenvalue weighted by molar-refractivity contribution is -0.155. The van der Waals surface area contributed by atoms with Gasteiger partial charge in [-0.2, -0.15) is 0 Å². The fraction of sp³-hybridized carbons (Fsp3) is 0.611. The number of Topliss-reactive ketones (excluding diaryl/α,β-unsaturated/α-hetero) is 1. The topological polar surface area (TPSA) is 249 Å². The first kappa shape index (κ1) is 26.5. The summed E-state index contributed by atoms with van der Waals surface area (Å²) in [6, 6.07) is -3.91. The number of aliphatic imine (C=N–C) groups is 1. The maximum atomic E-state index is 12.9. The molecule has 4 atom stereocenters. The fourth-order valence-electron chi connectivity index (χ4n) is 3.16. The summed E-state index contributed by atoms with van der Waals surface area (Å²) in [5.74, 6) is -7.94. The van der Waals surface area contributed by atoms with Crippen LogP contribution in [0.1, 0.15) is 39.0 Å². The number of carbonyl (C=O) groups is 6. The van der Waals surface area contributed by atoms with Gasteiger partial charge < -0.3 is 32.7 Å². The molecule has 14 heteroatoms. The molecule has 0 aromatic heterocycles. The zero-order chi connectivity index (χ0) is 24.6. The van der Waals surface area contributed by atoms with Crippen LogP contribution in [0.25, 0.3) is 0 Å². The third-order valence-electron chi connectivity index (χ3n) is 4.77. The second-order valence-corrected chi connectivity index (χ2v) is 7.35. The Morgan fingerprint density at radius 3 is 2.31 bits per heavy atom. The molecule has 1 aliphatic rings. The van der Waals surface area contributed by atoms with Crippen LogP contribution in [0.4, 0.5) is 0 Å². The van der Waals surface area contributed by atoms with E-state index in [0.717, 1.165) is 0 Å². The molecule has 178 valence electrons. The van der Waals surface area contributed by atoms with Crippen molar-refractivity contribution in [3.8, 4) is 0 Å². The van der Waals surface area contributed by atoms with Gasteiger partial charge in [0, 0.05) is 19.4 Å². The SMILES string of the molecule is C[C@H](N)C(=O)N[C@@H](CCC(=O)O)C(=O)[C@H]1CC(=O)N([C@@H](CCCN=C(N)N)C(=O)O)C1=O. The Morgan fingerprint density at radius 2 is 1.81 bits per heavy atom. The lowest BCUT2D eigenvalue weighted by atomic mass is 9.93. The molecule has 0 saturated carbocycles. The number of nitrogens with zero attached hydrogens (tertiary/aromatic N) is 2. The minimum absolute atomic E-state index is 0.0747. The van der Waals surface area contributed by atoms with Crippen LogP contribution in [0, 0.1) is 5.92 Å². The van der Waals surface area contributed by atoms with Crippen molar-refractivity contribution in [3.63, 3.8) is 0 Å². The number of likely N-dealkylation sites (tertiary alicyclic amines) is 1. The number of carbonyl (C=O) groups excluding carboxylic acids is 4. The Bertz CT molecular complexity index is 807. The van der Waals surface area contributed by atoms with Crippen molar-refractivity contribution in [1.82, 2.24) is 10.2 Å². The van der Waals surface area contributed by atoms with Gasteiger partial charge in [-0.05, 0) is 26.2 Å². The van der Waals surface area contributed by atoms with Gasteiger partial charge in [-0.1, -0.05) is 0 Å². The van der Waals surface area contributed by atoms with Gasteiger partial charge in [0.1, 0.15) is 12.0 Å². The summed E-state index contributed by atoms with van der Waals surface area (Å²) in [6.07, 6.45) is -1.40. The highest BCUT2D eigenvalue weighted by atomic mass is 16.4. The highest BCUT2D eigenvalue weighted by Gasteiger charge is 2.49. The van der Waals surface area contributed by atoms with Gasteiger partial charge in [0.2, 0.25) is 17.7 Å². The molecule has 0 bridgehead atoms. The average Bonchev–Trinajstić information content (AvgIpc) is 2.97. The normalized spacial score (nSPS) is 18.6. The second-order valence-electron chi connectivity index (χ2n) is 7.35. The number of hydrogen-bond acceptors (Lipinski definition) is 8. The van der Waals surface area contributed by atoms with Crippen LogP contribution in [0.3, 0.4) is 0 Å². The number of nitrogens with two attached hydrogens (primary N) is 3. The maximum absolute atomic E-state index is 12.9. The number of carboxylic acid groups (broad SMARTS) is 2. The van der Waals surface area contributed by atoms with Crippen molar-refractivity contribution in [2.45, 2.75) is 57.2 Å². The van der Waals surface area contributed by atoms with E-state index in [1.165, 1.54) is 6.92 Å². The van der Waals surface area contributed by atoms with E-state index in [-0.39, 0.29) is 31.8 Å². The van der Waals surface area contributed by atoms with Crippen LogP contribution >= 0.6 is 0 Å². The van der Waals surface area contributed by atoms with Crippen LogP contribution in [-0.2, 0) is 28.8 Å². The number of nitrogens with one attached hydrogen (secondary N) is 1. The van der Waals surface area contributed by atoms with Crippen molar-refractivity contribution in [2.75, 3.05) is 6.54 Å². The van der Waals surface area contributed by atoms with Crippen molar-refractivity contribution >= 4 is 41.4 Å². The van der Waals surface area contributed by atoms with Crippen LogP contribution < -0.4 is 22.5 Å². The molecule has 0 unspecified atom stereocenters. The summed E-state index contributed by atoms with van der Waals surface area (Å²) < 4.78 is 0. The number of imide groups is 1. The maximum Gasteiger partial charge on any atom is 0.326 e. The molecule has 1 rings (SSSR count). The third-order valence-corrected chi connectivity index (χ3v) is 4.77. The number of amides is 3. The zero-order valence-corrected chi connectivity index (χ0v) is 17.5. The molecule has 32 heavy (non-hydrogen) atoms. The summed E-state index contributed by atoms with van der Waals surface area (Å²) >= 11 is 0. The van der Waals surface area contributed by atoms with Crippen LogP contribution in [0.2, 0.25) is 0 Å². The first-order valence-corrected chi connectivity index (χ1v) is 9.82. The van der Waals surface area contributed by atoms with E-state index in [9.17, 15) is 33.9 Å². The Balaban J connectivity index is 3.02. The molecule has 1 saturated heterocycles. The van der Waals surface area contributed by atoms with Gasteiger partial charge in [0.25, 0.3) is 0 Å². The number of rotatable bonds is 13. The Hall–Kier alpha value is -3.55. The first-order valence-electron chi connectivity index (χ1n) is 9.82. The summed E-state index contributed by atoms with van der Waals surface area (Å²) in [5.41, 5.74) is 15.8. The van der Waals surface area contributed by atoms with Gasteiger partial charge in [-0.25, -0.2) is 4.79 Å². The molecule has 0 radical (unpaired) electrons. The lowest BCUT2D eigenvalue weighted by Gasteiger charge is -2.24. The molecule has 1 fully saturated rings. The number of ketones is 1. The predicted molar refractivity (Wildman–Crippen MR) is 109 cm³/mol. The smallest absolute Gasteiger partial charge is 0.326 e. The van der Waals surface area contributed by atoms with Gasteiger partial charge in [0.15, 0.2) is 11.7 Å². The van der Waals surface area contributed by atoms with Gasteiger partial charge in [-0.15, -0.1) is 0 Å². The quantitative estimate of drug-likeness (QED) is 0.0540. The fourth-order valence-corrected chi connectivity index (χ4v) is 3.16. The van der Waals surface area contributed by atoms with E-state index in [1.54, 1.807) is 0 Å². The van der Waals surface area contributed by atoms with Crippen molar-refractivity contribution < 1.29 is 39.0 Å². The molecule has 14 nitrogen and oxygen atoms in total. The van der Waals surface area contributed by atoms with E-state index >= 15 is 0 Å². The second kappa shape index (κ2) is 11.7. The van der Waals surface area contributed by atoms with Gasteiger partial charge in [0.05, 0.1) is 12.1 Å². The minimum atomic E-state index is -1.55. The monoisotopic (exact) mass is 456 g/mol. The van der Waals surface area contributed by atoms with E-state index in [4.69, 9.17) is 22.3 Å². The summed E-state index contributed by atoms with van der Waals surface area (Å²) in [7, 11) is 0. The third kappa shape index (κ3) is 7.30. The summed E-state index contributed by atoms with van der Waals surface area (Å²) in [5, 5.41) is 20.7. The number of guanidine groups is 1. The molecule has 9 N–H and O–H groups in total. The average molecular weight is 456 g/mol. The Morgan fingerprint density at radius 1 is 1.19 bits per heavy atom. The first-order chi connectivity index (χ1) is 14.9. The van der Waals surface area contributed by atoms with Gasteiger partial charge in [-0.3, -0.25) is 33.9 Å². The van der Waals surface area contributed by atoms with E-state index in [0.29, 0.717) is 4.90 Å². The molecular formula is C18H28N6O8. The predicted octanol–water partition coefficient (Wildman–Crippen LogP) is -2.87. The molecular weight excluding hydrogens is 428 g/mol. The Labute approximate surface area is 183 Å². The number of carboxylic acids is 2. The van der Waals surface area contributed by atoms with Crippen LogP contribution in [0.5, 0.6) is 0 Å². The molecule has 0 aromatic rings. The number of aliphatic carboxylic acids is 2. The van der Waals surface area contributed by atoms with Crippen LogP contribution in [0.15, 0.2) is 4.99 Å². The minimum Gasteiger partial charge on any atom is -0.481 e.